The number of nitrogens with two attached hydrogens (primary N) is 2. The zero-order chi connectivity index (χ0) is 14.2. The second-order valence-corrected chi connectivity index (χ2v) is 6.89. The molecular formula is C15H29N3O. The summed E-state index contributed by atoms with van der Waals surface area (Å²) in [5.41, 5.74) is 12.3. The predicted molar refractivity (Wildman–Crippen MR) is 77.4 cm³/mol. The van der Waals surface area contributed by atoms with Crippen molar-refractivity contribution in [2.24, 2.45) is 35.1 Å². The van der Waals surface area contributed by atoms with Gasteiger partial charge in [-0.25, -0.2) is 0 Å². The van der Waals surface area contributed by atoms with Crippen molar-refractivity contribution in [2.75, 3.05) is 13.6 Å². The summed E-state index contributed by atoms with van der Waals surface area (Å²) >= 11 is 0. The maximum Gasteiger partial charge on any atom is 0.227 e. The van der Waals surface area contributed by atoms with E-state index in [1.165, 1.54) is 12.8 Å². The zero-order valence-electron chi connectivity index (χ0n) is 12.5. The number of hydrogen-bond acceptors (Lipinski definition) is 3. The highest BCUT2D eigenvalue weighted by molar-refractivity contribution is 5.80. The standard InChI is InChI=1S/C15H29N3O/c1-9(2)12(16)6-7-18(3)15(19)13-10-4-5-11(8-10)14(13)17/h9-14H,4-8,16-17H2,1-3H3. The minimum Gasteiger partial charge on any atom is -0.345 e. The van der Waals surface area contributed by atoms with Crippen molar-refractivity contribution in [2.45, 2.75) is 51.6 Å². The van der Waals surface area contributed by atoms with E-state index in [1.807, 2.05) is 11.9 Å². The Bertz CT molecular complexity index is 329. The van der Waals surface area contributed by atoms with Gasteiger partial charge in [-0.1, -0.05) is 13.8 Å². The minimum absolute atomic E-state index is 0.0685. The van der Waals surface area contributed by atoms with Crippen LogP contribution in [0.4, 0.5) is 0 Å². The van der Waals surface area contributed by atoms with Crippen LogP contribution in [-0.4, -0.2) is 36.5 Å². The van der Waals surface area contributed by atoms with Crippen molar-refractivity contribution in [3.8, 4) is 0 Å². The molecule has 4 heteroatoms. The molecule has 19 heavy (non-hydrogen) atoms. The fraction of sp³-hybridized carbons (Fsp3) is 0.933. The molecule has 0 spiro atoms. The van der Waals surface area contributed by atoms with Crippen LogP contribution in [0.15, 0.2) is 0 Å². The van der Waals surface area contributed by atoms with Gasteiger partial charge in [-0.2, -0.15) is 0 Å². The smallest absolute Gasteiger partial charge is 0.227 e. The fourth-order valence-corrected chi connectivity index (χ4v) is 3.74. The van der Waals surface area contributed by atoms with Crippen LogP contribution in [0.2, 0.25) is 0 Å². The van der Waals surface area contributed by atoms with Crippen LogP contribution < -0.4 is 11.5 Å². The highest BCUT2D eigenvalue weighted by Crippen LogP contribution is 2.48. The van der Waals surface area contributed by atoms with Crippen LogP contribution in [-0.2, 0) is 4.79 Å². The number of rotatable bonds is 5. The molecule has 2 fully saturated rings. The molecule has 2 bridgehead atoms. The van der Waals surface area contributed by atoms with E-state index in [0.717, 1.165) is 19.4 Å². The van der Waals surface area contributed by atoms with Gasteiger partial charge in [-0.3, -0.25) is 4.79 Å². The number of carbonyl (C=O) groups is 1. The van der Waals surface area contributed by atoms with Gasteiger partial charge in [0.15, 0.2) is 0 Å². The van der Waals surface area contributed by atoms with Gasteiger partial charge in [0.2, 0.25) is 5.91 Å². The maximum absolute atomic E-state index is 12.5. The molecule has 5 atom stereocenters. The van der Waals surface area contributed by atoms with Gasteiger partial charge in [0, 0.05) is 25.7 Å². The second-order valence-electron chi connectivity index (χ2n) is 6.89. The number of fused-ring (bicyclic) bond motifs is 2. The zero-order valence-corrected chi connectivity index (χ0v) is 12.5. The average molecular weight is 267 g/mol. The Morgan fingerprint density at radius 2 is 1.95 bits per heavy atom. The molecule has 2 saturated carbocycles. The molecule has 0 aromatic heterocycles. The van der Waals surface area contributed by atoms with Crippen molar-refractivity contribution in [1.82, 2.24) is 4.90 Å². The number of carbonyl (C=O) groups excluding carboxylic acids is 1. The molecule has 4 nitrogen and oxygen atoms in total. The summed E-state index contributed by atoms with van der Waals surface area (Å²) in [6, 6.07) is 0.261. The Morgan fingerprint density at radius 3 is 2.47 bits per heavy atom. The van der Waals surface area contributed by atoms with Gasteiger partial charge < -0.3 is 16.4 Å². The van der Waals surface area contributed by atoms with Gasteiger partial charge in [0.25, 0.3) is 0 Å². The molecule has 0 radical (unpaired) electrons. The quantitative estimate of drug-likeness (QED) is 0.786. The summed E-state index contributed by atoms with van der Waals surface area (Å²) in [5.74, 6) is 1.90. The molecule has 1 amide bonds. The summed E-state index contributed by atoms with van der Waals surface area (Å²) < 4.78 is 0. The van der Waals surface area contributed by atoms with Gasteiger partial charge in [0.05, 0.1) is 5.92 Å². The van der Waals surface area contributed by atoms with Crippen LogP contribution in [0.3, 0.4) is 0 Å². The lowest BCUT2D eigenvalue weighted by molar-refractivity contribution is -0.136. The largest absolute Gasteiger partial charge is 0.345 e. The minimum atomic E-state index is 0.0685. The molecule has 0 aromatic rings. The first-order valence-corrected chi connectivity index (χ1v) is 7.68. The summed E-state index contributed by atoms with van der Waals surface area (Å²) in [7, 11) is 1.90. The molecule has 2 aliphatic carbocycles. The van der Waals surface area contributed by atoms with Crippen LogP contribution in [0, 0.1) is 23.7 Å². The maximum atomic E-state index is 12.5. The van der Waals surface area contributed by atoms with Gasteiger partial charge in [-0.15, -0.1) is 0 Å². The van der Waals surface area contributed by atoms with Crippen LogP contribution in [0.1, 0.15) is 39.5 Å². The Hall–Kier alpha value is -0.610. The first kappa shape index (κ1) is 14.8. The second kappa shape index (κ2) is 5.80. The molecule has 2 rings (SSSR count). The first-order valence-electron chi connectivity index (χ1n) is 7.68. The molecular weight excluding hydrogens is 238 g/mol. The van der Waals surface area contributed by atoms with E-state index in [9.17, 15) is 4.79 Å². The van der Waals surface area contributed by atoms with E-state index in [2.05, 4.69) is 13.8 Å². The van der Waals surface area contributed by atoms with Crippen LogP contribution in [0.5, 0.6) is 0 Å². The normalized spacial score (nSPS) is 34.8. The predicted octanol–water partition coefficient (Wildman–Crippen LogP) is 1.19. The highest BCUT2D eigenvalue weighted by Gasteiger charge is 2.49. The Balaban J connectivity index is 1.86. The van der Waals surface area contributed by atoms with E-state index in [4.69, 9.17) is 11.5 Å². The third-order valence-corrected chi connectivity index (χ3v) is 5.30. The molecule has 0 aliphatic heterocycles. The van der Waals surface area contributed by atoms with Crippen molar-refractivity contribution in [3.63, 3.8) is 0 Å². The van der Waals surface area contributed by atoms with Gasteiger partial charge in [-0.05, 0) is 43.4 Å². The van der Waals surface area contributed by atoms with Crippen molar-refractivity contribution < 1.29 is 4.79 Å². The fourth-order valence-electron chi connectivity index (χ4n) is 3.74. The van der Waals surface area contributed by atoms with Crippen LogP contribution >= 0.6 is 0 Å². The van der Waals surface area contributed by atoms with E-state index >= 15 is 0 Å². The van der Waals surface area contributed by atoms with Gasteiger partial charge >= 0.3 is 0 Å². The molecule has 0 saturated heterocycles. The molecule has 5 unspecified atom stereocenters. The summed E-state index contributed by atoms with van der Waals surface area (Å²) in [6.45, 7) is 5.00. The van der Waals surface area contributed by atoms with Crippen LogP contribution in [0.25, 0.3) is 0 Å². The Morgan fingerprint density at radius 1 is 1.32 bits per heavy atom. The third-order valence-electron chi connectivity index (χ3n) is 5.30. The Labute approximate surface area is 116 Å². The van der Waals surface area contributed by atoms with Gasteiger partial charge in [0.1, 0.15) is 0 Å². The SMILES string of the molecule is CC(C)C(N)CCN(C)C(=O)C1C2CCC(C2)C1N. The highest BCUT2D eigenvalue weighted by atomic mass is 16.2. The van der Waals surface area contributed by atoms with E-state index in [0.29, 0.717) is 17.8 Å². The van der Waals surface area contributed by atoms with Crippen molar-refractivity contribution in [3.05, 3.63) is 0 Å². The third kappa shape index (κ3) is 2.95. The number of nitrogens with zero attached hydrogens (tertiary/aromatic N) is 1. The summed E-state index contributed by atoms with van der Waals surface area (Å²) in [6.07, 6.45) is 4.44. The first-order chi connectivity index (χ1) is 8.91. The summed E-state index contributed by atoms with van der Waals surface area (Å²) in [4.78, 5) is 14.4. The molecule has 2 aliphatic rings. The average Bonchev–Trinajstić information content (AvgIpc) is 2.95. The van der Waals surface area contributed by atoms with E-state index in [1.54, 1.807) is 0 Å². The van der Waals surface area contributed by atoms with Crippen molar-refractivity contribution >= 4 is 5.91 Å². The Kier molecular flexibility index (Phi) is 4.51. The molecule has 4 N–H and O–H groups in total. The van der Waals surface area contributed by atoms with E-state index in [-0.39, 0.29) is 23.9 Å². The molecule has 110 valence electrons. The molecule has 0 aromatic carbocycles. The monoisotopic (exact) mass is 267 g/mol. The lowest BCUT2D eigenvalue weighted by Gasteiger charge is -2.31. The molecule has 0 heterocycles. The number of amides is 1. The topological polar surface area (TPSA) is 72.3 Å². The lowest BCUT2D eigenvalue weighted by atomic mass is 9.84. The number of hydrogen-bond donors (Lipinski definition) is 2. The summed E-state index contributed by atoms with van der Waals surface area (Å²) in [5, 5.41) is 0. The van der Waals surface area contributed by atoms with Crippen molar-refractivity contribution in [1.29, 1.82) is 0 Å². The lowest BCUT2D eigenvalue weighted by Crippen LogP contribution is -2.46. The van der Waals surface area contributed by atoms with E-state index < -0.39 is 0 Å².